The molecule has 1 aliphatic carbocycles. The van der Waals surface area contributed by atoms with Crippen LogP contribution in [0, 0.1) is 16.2 Å². The molecular weight excluding hydrogens is 252 g/mol. The zero-order chi connectivity index (χ0) is 15.4. The maximum atomic E-state index is 12.9. The molecule has 0 aromatic carbocycles. The number of hydrogen-bond donors (Lipinski definition) is 1. The summed E-state index contributed by atoms with van der Waals surface area (Å²) in [5.74, 6) is -0.0334. The molecule has 1 spiro atoms. The Labute approximate surface area is 123 Å². The first-order valence-corrected chi connectivity index (χ1v) is 7.85. The van der Waals surface area contributed by atoms with E-state index < -0.39 is 5.41 Å². The molecule has 0 amide bonds. The molecule has 2 aliphatic rings. The van der Waals surface area contributed by atoms with Gasteiger partial charge in [0.15, 0.2) is 0 Å². The predicted molar refractivity (Wildman–Crippen MR) is 79.3 cm³/mol. The Hall–Kier alpha value is -0.570. The van der Waals surface area contributed by atoms with Gasteiger partial charge < -0.3 is 9.84 Å². The van der Waals surface area contributed by atoms with Crippen LogP contribution >= 0.6 is 0 Å². The smallest absolute Gasteiger partial charge is 0.313 e. The molecule has 1 N–H and O–H groups in total. The molecule has 0 aromatic rings. The third-order valence-corrected chi connectivity index (χ3v) is 5.67. The van der Waals surface area contributed by atoms with Crippen molar-refractivity contribution in [2.45, 2.75) is 85.4 Å². The van der Waals surface area contributed by atoms with Gasteiger partial charge >= 0.3 is 5.97 Å². The zero-order valence-corrected chi connectivity index (χ0v) is 13.9. The lowest BCUT2D eigenvalue weighted by Crippen LogP contribution is -2.50. The van der Waals surface area contributed by atoms with Gasteiger partial charge in [-0.25, -0.2) is 0 Å². The van der Waals surface area contributed by atoms with Gasteiger partial charge in [-0.15, -0.1) is 0 Å². The van der Waals surface area contributed by atoms with E-state index in [-0.39, 0.29) is 28.5 Å². The highest BCUT2D eigenvalue weighted by Gasteiger charge is 2.66. The van der Waals surface area contributed by atoms with E-state index in [0.717, 1.165) is 32.1 Å². The van der Waals surface area contributed by atoms with E-state index in [9.17, 15) is 9.90 Å². The zero-order valence-electron chi connectivity index (χ0n) is 13.9. The molecule has 0 radical (unpaired) electrons. The van der Waals surface area contributed by atoms with Crippen LogP contribution in [-0.2, 0) is 9.53 Å². The highest BCUT2D eigenvalue weighted by atomic mass is 16.6. The second-order valence-corrected chi connectivity index (χ2v) is 8.89. The lowest BCUT2D eigenvalue weighted by atomic mass is 9.51. The molecule has 0 atom stereocenters. The van der Waals surface area contributed by atoms with Crippen molar-refractivity contribution in [3.8, 4) is 0 Å². The van der Waals surface area contributed by atoms with E-state index in [1.54, 1.807) is 0 Å². The van der Waals surface area contributed by atoms with Crippen LogP contribution in [0.5, 0.6) is 0 Å². The topological polar surface area (TPSA) is 46.5 Å². The normalized spacial score (nSPS) is 34.4. The maximum absolute atomic E-state index is 12.9. The van der Waals surface area contributed by atoms with Gasteiger partial charge in [-0.2, -0.15) is 0 Å². The van der Waals surface area contributed by atoms with Crippen molar-refractivity contribution < 1.29 is 14.6 Å². The lowest BCUT2D eigenvalue weighted by molar-refractivity contribution is -0.166. The van der Waals surface area contributed by atoms with Crippen LogP contribution in [-0.4, -0.2) is 22.8 Å². The number of carbonyl (C=O) groups is 1. The second kappa shape index (κ2) is 4.46. The van der Waals surface area contributed by atoms with Crippen molar-refractivity contribution in [2.75, 3.05) is 0 Å². The number of aliphatic hydroxyl groups is 1. The average Bonchev–Trinajstić information content (AvgIpc) is 2.56. The van der Waals surface area contributed by atoms with E-state index in [2.05, 4.69) is 41.5 Å². The maximum Gasteiger partial charge on any atom is 0.313 e. The minimum absolute atomic E-state index is 0.0334. The van der Waals surface area contributed by atoms with Gasteiger partial charge in [0.1, 0.15) is 5.60 Å². The fourth-order valence-electron chi connectivity index (χ4n) is 4.55. The van der Waals surface area contributed by atoms with Crippen molar-refractivity contribution >= 4 is 5.97 Å². The van der Waals surface area contributed by atoms with Crippen molar-refractivity contribution in [3.05, 3.63) is 0 Å². The first-order chi connectivity index (χ1) is 8.94. The number of carbonyl (C=O) groups excluding carboxylic acids is 1. The number of esters is 1. The molecular formula is C17H30O3. The number of hydrogen-bond acceptors (Lipinski definition) is 3. The summed E-state index contributed by atoms with van der Waals surface area (Å²) in [5, 5.41) is 9.73. The Bertz CT molecular complexity index is 375. The van der Waals surface area contributed by atoms with Gasteiger partial charge in [0.25, 0.3) is 0 Å². The molecule has 2 fully saturated rings. The average molecular weight is 282 g/mol. The summed E-state index contributed by atoms with van der Waals surface area (Å²) < 4.78 is 5.96. The quantitative estimate of drug-likeness (QED) is 0.689. The first-order valence-electron chi connectivity index (χ1n) is 7.85. The monoisotopic (exact) mass is 282 g/mol. The van der Waals surface area contributed by atoms with Crippen LogP contribution in [0.2, 0.25) is 0 Å². The molecule has 0 aromatic heterocycles. The predicted octanol–water partition coefficient (Wildman–Crippen LogP) is 3.69. The second-order valence-electron chi connectivity index (χ2n) is 8.89. The van der Waals surface area contributed by atoms with Crippen LogP contribution in [0.4, 0.5) is 0 Å². The molecule has 116 valence electrons. The Balaban J connectivity index is 2.39. The van der Waals surface area contributed by atoms with E-state index in [4.69, 9.17) is 4.74 Å². The van der Waals surface area contributed by atoms with Crippen LogP contribution in [0.25, 0.3) is 0 Å². The van der Waals surface area contributed by atoms with Crippen molar-refractivity contribution in [1.82, 2.24) is 0 Å². The summed E-state index contributed by atoms with van der Waals surface area (Å²) in [6.45, 7) is 12.9. The largest absolute Gasteiger partial charge is 0.459 e. The Morgan fingerprint density at radius 1 is 1.05 bits per heavy atom. The summed E-state index contributed by atoms with van der Waals surface area (Å²) >= 11 is 0. The van der Waals surface area contributed by atoms with Gasteiger partial charge in [-0.3, -0.25) is 4.79 Å². The molecule has 0 unspecified atom stereocenters. The molecule has 3 heteroatoms. The first kappa shape index (κ1) is 15.8. The summed E-state index contributed by atoms with van der Waals surface area (Å²) in [5.41, 5.74) is -1.07. The summed E-state index contributed by atoms with van der Waals surface area (Å²) in [7, 11) is 0. The molecule has 20 heavy (non-hydrogen) atoms. The molecule has 1 aliphatic heterocycles. The highest BCUT2D eigenvalue weighted by molar-refractivity contribution is 5.81. The van der Waals surface area contributed by atoms with E-state index in [1.165, 1.54) is 0 Å². The molecule has 0 bridgehead atoms. The highest BCUT2D eigenvalue weighted by Crippen LogP contribution is 2.62. The van der Waals surface area contributed by atoms with Crippen LogP contribution in [0.3, 0.4) is 0 Å². The van der Waals surface area contributed by atoms with Crippen molar-refractivity contribution in [3.63, 3.8) is 0 Å². The summed E-state index contributed by atoms with van der Waals surface area (Å²) in [4.78, 5) is 12.9. The number of ether oxygens (including phenoxy) is 1. The van der Waals surface area contributed by atoms with Gasteiger partial charge in [0.2, 0.25) is 0 Å². The number of rotatable bonds is 0. The molecule has 2 rings (SSSR count). The lowest BCUT2D eigenvalue weighted by Gasteiger charge is -2.48. The van der Waals surface area contributed by atoms with Crippen molar-refractivity contribution in [1.29, 1.82) is 0 Å². The minimum atomic E-state index is -0.456. The van der Waals surface area contributed by atoms with E-state index in [0.29, 0.717) is 0 Å². The molecule has 1 saturated heterocycles. The fraction of sp³-hybridized carbons (Fsp3) is 0.941. The Morgan fingerprint density at radius 3 is 1.85 bits per heavy atom. The third kappa shape index (κ3) is 2.18. The number of aliphatic hydroxyl groups excluding tert-OH is 1. The van der Waals surface area contributed by atoms with E-state index >= 15 is 0 Å². The summed E-state index contributed by atoms with van der Waals surface area (Å²) in [6, 6.07) is 0. The fourth-order valence-corrected chi connectivity index (χ4v) is 4.55. The molecule has 1 saturated carbocycles. The van der Waals surface area contributed by atoms with Crippen LogP contribution in [0.1, 0.15) is 73.6 Å². The van der Waals surface area contributed by atoms with Crippen LogP contribution in [0.15, 0.2) is 0 Å². The van der Waals surface area contributed by atoms with Gasteiger partial charge in [-0.05, 0) is 36.5 Å². The van der Waals surface area contributed by atoms with Gasteiger partial charge in [-0.1, -0.05) is 41.5 Å². The standard InChI is InChI=1S/C17H30O3/c1-14(2,3)17(15(4,5)6)11-16(20-13(17)19)9-7-12(18)8-10-16/h12,18H,7-11H2,1-6H3. The Kier molecular flexibility index (Phi) is 3.53. The molecule has 3 nitrogen and oxygen atoms in total. The minimum Gasteiger partial charge on any atom is -0.459 e. The van der Waals surface area contributed by atoms with Crippen LogP contribution < -0.4 is 0 Å². The Morgan fingerprint density at radius 2 is 1.50 bits per heavy atom. The van der Waals surface area contributed by atoms with Crippen molar-refractivity contribution in [2.24, 2.45) is 16.2 Å². The summed E-state index contributed by atoms with van der Waals surface area (Å²) in [6.07, 6.45) is 3.66. The SMILES string of the molecule is CC(C)(C)C1(C(C)(C)C)CC2(CCC(O)CC2)OC1=O. The molecule has 1 heterocycles. The van der Waals surface area contributed by atoms with Gasteiger partial charge in [0.05, 0.1) is 11.5 Å². The third-order valence-electron chi connectivity index (χ3n) is 5.67. The van der Waals surface area contributed by atoms with Gasteiger partial charge in [0, 0.05) is 6.42 Å². The van der Waals surface area contributed by atoms with E-state index in [1.807, 2.05) is 0 Å².